The summed E-state index contributed by atoms with van der Waals surface area (Å²) < 4.78 is 68.6. The molecule has 0 amide bonds. The van der Waals surface area contributed by atoms with Gasteiger partial charge in [0, 0.05) is 20.1 Å². The molecule has 11 heteroatoms. The van der Waals surface area contributed by atoms with E-state index in [0.717, 1.165) is 0 Å². The van der Waals surface area contributed by atoms with Crippen LogP contribution in [0.3, 0.4) is 0 Å². The molecule has 0 aliphatic rings. The minimum atomic E-state index is -5.62. The molecule has 0 saturated carbocycles. The van der Waals surface area contributed by atoms with Gasteiger partial charge in [0.25, 0.3) is 0 Å². The summed E-state index contributed by atoms with van der Waals surface area (Å²) in [4.78, 5) is 0. The first-order chi connectivity index (χ1) is 4.00. The Morgan fingerprint density at radius 3 is 0.636 bits per heavy atom. The monoisotopic (exact) mass is 431 g/mol. The van der Waals surface area contributed by atoms with Gasteiger partial charge in [-0.15, -0.1) is 0 Å². The summed E-state index contributed by atoms with van der Waals surface area (Å²) in [6.07, 6.45) is 0. The Hall–Kier alpha value is 0.728. The van der Waals surface area contributed by atoms with Gasteiger partial charge in [0.2, 0.25) is 0 Å². The molecule has 0 fully saturated rings. The maximum atomic E-state index is 8.58. The number of rotatable bonds is 0. The SMILES string of the molecule is [Ir].[O]=[Mn](=[O])([O-])[O-].[O]=[Mn](=[O])([O-])[O-]. The molecule has 0 aromatic heterocycles. The first kappa shape index (κ1) is 17.7. The van der Waals surface area contributed by atoms with Crippen LogP contribution >= 0.6 is 0 Å². The van der Waals surface area contributed by atoms with Crippen molar-refractivity contribution < 1.29 is 78.9 Å². The maximum absolute atomic E-state index is 8.58. The molecule has 0 bridgehead atoms. The fourth-order valence-corrected chi connectivity index (χ4v) is 0. The summed E-state index contributed by atoms with van der Waals surface area (Å²) in [6, 6.07) is 0. The van der Waals surface area contributed by atoms with Crippen LogP contribution in [0.5, 0.6) is 0 Å². The van der Waals surface area contributed by atoms with Gasteiger partial charge in [-0.3, -0.25) is 0 Å². The van der Waals surface area contributed by atoms with Crippen LogP contribution in [0.1, 0.15) is 0 Å². The second-order valence-corrected chi connectivity index (χ2v) is 3.12. The van der Waals surface area contributed by atoms with E-state index in [1.165, 1.54) is 0 Å². The normalized spacial score (nSPS) is 10.5. The van der Waals surface area contributed by atoms with Crippen LogP contribution in [-0.2, 0) is 62.2 Å². The summed E-state index contributed by atoms with van der Waals surface area (Å²) in [6.45, 7) is 0. The summed E-state index contributed by atoms with van der Waals surface area (Å²) in [5.41, 5.74) is 0. The van der Waals surface area contributed by atoms with Gasteiger partial charge in [-0.05, 0) is 0 Å². The van der Waals surface area contributed by atoms with Crippen molar-refractivity contribution in [2.45, 2.75) is 0 Å². The Morgan fingerprint density at radius 2 is 0.636 bits per heavy atom. The van der Waals surface area contributed by atoms with Crippen LogP contribution in [0, 0.1) is 0 Å². The van der Waals surface area contributed by atoms with E-state index in [4.69, 9.17) is 32.1 Å². The van der Waals surface area contributed by atoms with E-state index in [1.54, 1.807) is 0 Å². The molecular weight excluding hydrogens is 430 g/mol. The quantitative estimate of drug-likeness (QED) is 0.345. The Bertz CT molecular complexity index is 208. The summed E-state index contributed by atoms with van der Waals surface area (Å²) in [7, 11) is 0. The third-order valence-electron chi connectivity index (χ3n) is 0. The Kier molecular flexibility index (Phi) is 10.1. The molecule has 1 radical (unpaired) electrons. The topological polar surface area (TPSA) is 161 Å². The molecule has 0 N–H and O–H groups in total. The van der Waals surface area contributed by atoms with Crippen LogP contribution < -0.4 is 16.8 Å². The zero-order valence-electron chi connectivity index (χ0n) is 4.36. The molecule has 0 aromatic carbocycles. The standard InChI is InChI=1S/Ir.2Mn.8O/q;;;;;;;4*-1. The van der Waals surface area contributed by atoms with Crippen LogP contribution in [0.2, 0.25) is 0 Å². The Labute approximate surface area is 78.8 Å². The minimum absolute atomic E-state index is 0. The first-order valence-electron chi connectivity index (χ1n) is 1.23. The van der Waals surface area contributed by atoms with Crippen molar-refractivity contribution in [1.82, 2.24) is 0 Å². The summed E-state index contributed by atoms with van der Waals surface area (Å²) >= 11 is -11.2. The third-order valence-corrected chi connectivity index (χ3v) is 0. The van der Waals surface area contributed by atoms with Crippen molar-refractivity contribution in [2.24, 2.45) is 0 Å². The molecule has 0 aliphatic carbocycles. The van der Waals surface area contributed by atoms with Gasteiger partial charge in [-0.25, -0.2) is 0 Å². The third kappa shape index (κ3) is 1540. The van der Waals surface area contributed by atoms with Gasteiger partial charge in [0.05, 0.1) is 0 Å². The van der Waals surface area contributed by atoms with E-state index in [9.17, 15) is 0 Å². The van der Waals surface area contributed by atoms with Crippen molar-refractivity contribution in [1.29, 1.82) is 0 Å². The predicted molar refractivity (Wildman–Crippen MR) is 2.75 cm³/mol. The number of hydrogen-bond acceptors (Lipinski definition) is 8. The van der Waals surface area contributed by atoms with Crippen molar-refractivity contribution >= 4 is 0 Å². The van der Waals surface area contributed by atoms with Gasteiger partial charge < -0.3 is 0 Å². The second-order valence-electron chi connectivity index (χ2n) is 0.756. The van der Waals surface area contributed by atoms with Crippen LogP contribution in [0.4, 0.5) is 0 Å². The van der Waals surface area contributed by atoms with Gasteiger partial charge in [0.15, 0.2) is 0 Å². The van der Waals surface area contributed by atoms with E-state index in [0.29, 0.717) is 0 Å². The van der Waals surface area contributed by atoms with Crippen LogP contribution in [0.15, 0.2) is 0 Å². The van der Waals surface area contributed by atoms with Crippen molar-refractivity contribution in [2.75, 3.05) is 0 Å². The molecule has 0 saturated heterocycles. The zero-order valence-corrected chi connectivity index (χ0v) is 9.11. The molecule has 0 spiro atoms. The molecule has 0 atom stereocenters. The van der Waals surface area contributed by atoms with E-state index in [-0.39, 0.29) is 20.1 Å². The summed E-state index contributed by atoms with van der Waals surface area (Å²) in [5.74, 6) is 0. The zero-order chi connectivity index (χ0) is 9.00. The molecule has 8 nitrogen and oxygen atoms in total. The molecule has 11 heavy (non-hydrogen) atoms. The van der Waals surface area contributed by atoms with Crippen molar-refractivity contribution in [3.05, 3.63) is 0 Å². The average molecular weight is 430 g/mol. The second kappa shape index (κ2) is 6.27. The van der Waals surface area contributed by atoms with E-state index in [2.05, 4.69) is 0 Å². The van der Waals surface area contributed by atoms with Crippen LogP contribution in [0.25, 0.3) is 0 Å². The van der Waals surface area contributed by atoms with Crippen molar-refractivity contribution in [3.8, 4) is 0 Å². The molecule has 75 valence electrons. The first-order valence-corrected chi connectivity index (χ1v) is 5.09. The number of hydrogen-bond donors (Lipinski definition) is 0. The van der Waals surface area contributed by atoms with Gasteiger partial charge in [-0.2, -0.15) is 0 Å². The Morgan fingerprint density at radius 1 is 0.636 bits per heavy atom. The van der Waals surface area contributed by atoms with E-state index < -0.39 is 26.7 Å². The van der Waals surface area contributed by atoms with E-state index >= 15 is 0 Å². The Balaban J connectivity index is -0.000000107. The van der Waals surface area contributed by atoms with E-state index in [1.807, 2.05) is 0 Å². The molecule has 0 aliphatic heterocycles. The summed E-state index contributed by atoms with van der Waals surface area (Å²) in [5, 5.41) is 0. The average Bonchev–Trinajstić information content (AvgIpc) is 1.12. The van der Waals surface area contributed by atoms with Crippen LogP contribution in [-0.4, -0.2) is 0 Å². The van der Waals surface area contributed by atoms with Crippen molar-refractivity contribution in [3.63, 3.8) is 0 Å². The molecule has 0 rings (SSSR count). The van der Waals surface area contributed by atoms with Gasteiger partial charge in [0.1, 0.15) is 0 Å². The fourth-order valence-electron chi connectivity index (χ4n) is 0. The fraction of sp³-hybridized carbons (Fsp3) is 0. The molecule has 0 heterocycles. The molecule has 0 unspecified atom stereocenters. The van der Waals surface area contributed by atoms with Gasteiger partial charge >= 0.3 is 58.8 Å². The van der Waals surface area contributed by atoms with Gasteiger partial charge in [-0.1, -0.05) is 0 Å². The predicted octanol–water partition coefficient (Wildman–Crippen LogP) is -5.24. The molecule has 0 aromatic rings. The molecular formula is IrMn2O8-4.